The molecule has 2 N–H and O–H groups in total. The minimum Gasteiger partial charge on any atom is -0.373 e. The Kier molecular flexibility index (Phi) is 15.6. The summed E-state index contributed by atoms with van der Waals surface area (Å²) in [5.41, 5.74) is 0. The van der Waals surface area contributed by atoms with Gasteiger partial charge in [-0.2, -0.15) is 0 Å². The number of phosphoric ester groups is 2. The zero-order chi connectivity index (χ0) is 29.1. The van der Waals surface area contributed by atoms with E-state index in [1.165, 1.54) is 0 Å². The van der Waals surface area contributed by atoms with Gasteiger partial charge in [-0.3, -0.25) is 18.1 Å². The molecule has 0 saturated carbocycles. The van der Waals surface area contributed by atoms with Gasteiger partial charge in [-0.05, 0) is 40.5 Å². The van der Waals surface area contributed by atoms with E-state index in [1.807, 2.05) is 13.8 Å². The number of hydrogen-bond donors (Lipinski definition) is 2. The summed E-state index contributed by atoms with van der Waals surface area (Å²) in [5, 5.41) is 0. The highest BCUT2D eigenvalue weighted by atomic mass is 31.2. The molecule has 2 unspecified atom stereocenters. The average molecular weight is 603 g/mol. The number of unbranched alkanes of at least 4 members (excludes halogenated alkanes) is 4. The van der Waals surface area contributed by atoms with Gasteiger partial charge in [0.1, 0.15) is 18.3 Å². The first-order chi connectivity index (χ1) is 18.3. The van der Waals surface area contributed by atoms with Gasteiger partial charge in [0.2, 0.25) is 0 Å². The molecule has 13 heteroatoms. The molecule has 39 heavy (non-hydrogen) atoms. The van der Waals surface area contributed by atoms with Crippen molar-refractivity contribution in [3.63, 3.8) is 0 Å². The Bertz CT molecular complexity index is 781. The molecule has 2 rings (SSSR count). The van der Waals surface area contributed by atoms with Crippen molar-refractivity contribution in [1.29, 1.82) is 0 Å². The third kappa shape index (κ3) is 13.7. The number of rotatable bonds is 20. The summed E-state index contributed by atoms with van der Waals surface area (Å²) in [5.74, 6) is 0. The molecule has 2 aliphatic rings. The van der Waals surface area contributed by atoms with Crippen molar-refractivity contribution >= 4 is 15.6 Å². The van der Waals surface area contributed by atoms with Crippen molar-refractivity contribution in [3.8, 4) is 0 Å². The minimum absolute atomic E-state index is 0.0174. The van der Waals surface area contributed by atoms with Crippen molar-refractivity contribution < 1.29 is 51.2 Å². The molecule has 0 aliphatic carbocycles. The molecule has 0 radical (unpaired) electrons. The molecular weight excluding hydrogens is 550 g/mol. The molecule has 0 aromatic rings. The van der Waals surface area contributed by atoms with Crippen LogP contribution < -0.4 is 0 Å². The lowest BCUT2D eigenvalue weighted by Gasteiger charge is -2.25. The van der Waals surface area contributed by atoms with Crippen LogP contribution in [0, 0.1) is 0 Å². The summed E-state index contributed by atoms with van der Waals surface area (Å²) in [4.78, 5) is 20.5. The fraction of sp³-hybridized carbons (Fsp3) is 1.00. The van der Waals surface area contributed by atoms with Gasteiger partial charge < -0.3 is 24.0 Å². The van der Waals surface area contributed by atoms with Crippen molar-refractivity contribution in [2.45, 2.75) is 155 Å². The minimum atomic E-state index is -4.52. The van der Waals surface area contributed by atoms with Gasteiger partial charge in [0.05, 0.1) is 43.7 Å². The van der Waals surface area contributed by atoms with Crippen LogP contribution >= 0.6 is 15.6 Å². The third-order valence-electron chi connectivity index (χ3n) is 6.68. The number of ether oxygens (including phenoxy) is 3. The highest BCUT2D eigenvalue weighted by molar-refractivity contribution is 7.47. The van der Waals surface area contributed by atoms with Crippen molar-refractivity contribution in [2.75, 3.05) is 13.2 Å². The Morgan fingerprint density at radius 3 is 1.72 bits per heavy atom. The second-order valence-corrected chi connectivity index (χ2v) is 13.9. The van der Waals surface area contributed by atoms with E-state index in [-0.39, 0.29) is 37.6 Å². The topological polar surface area (TPSA) is 139 Å². The number of hydrogen-bond acceptors (Lipinski definition) is 9. The zero-order valence-electron chi connectivity index (χ0n) is 24.6. The maximum atomic E-state index is 13.0. The van der Waals surface area contributed by atoms with Crippen LogP contribution in [-0.4, -0.2) is 71.8 Å². The fourth-order valence-corrected chi connectivity index (χ4v) is 6.84. The lowest BCUT2D eigenvalue weighted by atomic mass is 10.1. The molecule has 2 heterocycles. The lowest BCUT2D eigenvalue weighted by molar-refractivity contribution is -0.0683. The maximum absolute atomic E-state index is 13.0. The van der Waals surface area contributed by atoms with Gasteiger partial charge >= 0.3 is 15.6 Å². The Morgan fingerprint density at radius 2 is 1.23 bits per heavy atom. The molecule has 232 valence electrons. The van der Waals surface area contributed by atoms with Crippen molar-refractivity contribution in [3.05, 3.63) is 0 Å². The second-order valence-electron chi connectivity index (χ2n) is 11.1. The van der Waals surface area contributed by atoms with E-state index >= 15 is 0 Å². The van der Waals surface area contributed by atoms with Crippen LogP contribution in [0.2, 0.25) is 0 Å². The molecule has 2 saturated heterocycles. The first-order valence-electron chi connectivity index (χ1n) is 14.6. The summed E-state index contributed by atoms with van der Waals surface area (Å²) in [6.45, 7) is 10.9. The fourth-order valence-electron chi connectivity index (χ4n) is 4.95. The molecule has 0 aromatic carbocycles. The Labute approximate surface area is 234 Å². The van der Waals surface area contributed by atoms with E-state index in [0.717, 1.165) is 51.4 Å². The van der Waals surface area contributed by atoms with Crippen molar-refractivity contribution in [1.82, 2.24) is 0 Å². The van der Waals surface area contributed by atoms with E-state index < -0.39 is 40.1 Å². The molecule has 2 aliphatic heterocycles. The molecule has 0 aromatic heterocycles. The SMILES string of the molecule is CCCCC[C@H]1C[C@@H](OC(C)C)[C@@H](COP(=O)(O)O[C@@H]2C[C@H](CCCCC)O[C@@H]2COP(=O)(O)OC(C)C)O1. The lowest BCUT2D eigenvalue weighted by Crippen LogP contribution is -2.32. The van der Waals surface area contributed by atoms with E-state index in [4.69, 9.17) is 32.3 Å². The molecule has 0 spiro atoms. The van der Waals surface area contributed by atoms with Crippen LogP contribution in [0.4, 0.5) is 0 Å². The van der Waals surface area contributed by atoms with Crippen LogP contribution in [0.15, 0.2) is 0 Å². The van der Waals surface area contributed by atoms with E-state index in [0.29, 0.717) is 12.8 Å². The highest BCUT2D eigenvalue weighted by Crippen LogP contribution is 2.50. The smallest absolute Gasteiger partial charge is 0.373 e. The Balaban J connectivity index is 1.98. The van der Waals surface area contributed by atoms with E-state index in [2.05, 4.69) is 13.8 Å². The van der Waals surface area contributed by atoms with Gasteiger partial charge in [-0.15, -0.1) is 0 Å². The molecule has 2 fully saturated rings. The molecule has 0 bridgehead atoms. The van der Waals surface area contributed by atoms with Crippen LogP contribution in [0.25, 0.3) is 0 Å². The van der Waals surface area contributed by atoms with Crippen LogP contribution in [0.3, 0.4) is 0 Å². The van der Waals surface area contributed by atoms with E-state index in [1.54, 1.807) is 13.8 Å². The predicted molar refractivity (Wildman–Crippen MR) is 147 cm³/mol. The van der Waals surface area contributed by atoms with Gasteiger partial charge in [0, 0.05) is 12.8 Å². The summed E-state index contributed by atoms with van der Waals surface area (Å²) in [6.07, 6.45) is 5.83. The number of phosphoric acid groups is 2. The standard InChI is InChI=1S/C26H52O11P2/c1-7-9-11-13-21-15-23(33-19(3)4)25(34-21)17-32-39(29,30)37-24-16-22(14-12-10-8-2)35-26(24)18-31-38(27,28)36-20(5)6/h19-26H,7-18H2,1-6H3,(H,27,28)(H,29,30)/t21-,22-,23+,24+,25+,26+/m0/s1. The first kappa shape index (κ1) is 35.3. The average Bonchev–Trinajstić information content (AvgIpc) is 3.38. The van der Waals surface area contributed by atoms with Crippen molar-refractivity contribution in [2.24, 2.45) is 0 Å². The maximum Gasteiger partial charge on any atom is 0.472 e. The second kappa shape index (κ2) is 17.3. The summed E-state index contributed by atoms with van der Waals surface area (Å²) in [6, 6.07) is 0. The third-order valence-corrected chi connectivity index (χ3v) is 8.85. The first-order valence-corrected chi connectivity index (χ1v) is 17.6. The normalized spacial score (nSPS) is 30.7. The Hall–Kier alpha value is 0.1000. The zero-order valence-corrected chi connectivity index (χ0v) is 26.4. The molecule has 11 nitrogen and oxygen atoms in total. The van der Waals surface area contributed by atoms with Gasteiger partial charge in [0.15, 0.2) is 0 Å². The summed E-state index contributed by atoms with van der Waals surface area (Å²) < 4.78 is 64.4. The highest BCUT2D eigenvalue weighted by Gasteiger charge is 2.43. The largest absolute Gasteiger partial charge is 0.472 e. The molecule has 0 amide bonds. The van der Waals surface area contributed by atoms with Crippen LogP contribution in [0.5, 0.6) is 0 Å². The quantitative estimate of drug-likeness (QED) is 0.120. The van der Waals surface area contributed by atoms with Gasteiger partial charge in [-0.25, -0.2) is 9.13 Å². The predicted octanol–water partition coefficient (Wildman–Crippen LogP) is 6.30. The Morgan fingerprint density at radius 1 is 0.744 bits per heavy atom. The van der Waals surface area contributed by atoms with Crippen LogP contribution in [0.1, 0.15) is 106 Å². The molecular formula is C26H52O11P2. The van der Waals surface area contributed by atoms with Gasteiger partial charge in [0.25, 0.3) is 0 Å². The van der Waals surface area contributed by atoms with Crippen LogP contribution in [-0.2, 0) is 41.4 Å². The summed E-state index contributed by atoms with van der Waals surface area (Å²) >= 11 is 0. The van der Waals surface area contributed by atoms with Gasteiger partial charge in [-0.1, -0.05) is 52.4 Å². The monoisotopic (exact) mass is 602 g/mol. The van der Waals surface area contributed by atoms with E-state index in [9.17, 15) is 18.9 Å². The summed E-state index contributed by atoms with van der Waals surface area (Å²) in [7, 11) is -8.83. The molecule has 8 atom stereocenters.